The molecule has 0 amide bonds. The quantitative estimate of drug-likeness (QED) is 0.867. The molecule has 1 aromatic carbocycles. The molecule has 1 N–H and O–H groups in total. The van der Waals surface area contributed by atoms with E-state index in [2.05, 4.69) is 10.2 Å². The van der Waals surface area contributed by atoms with Crippen molar-refractivity contribution >= 4 is 15.7 Å². The predicted octanol–water partition coefficient (Wildman–Crippen LogP) is 1.62. The van der Waals surface area contributed by atoms with E-state index in [-0.39, 0.29) is 0 Å². The normalized spacial score (nSPS) is 15.1. The number of hydrogen-bond acceptors (Lipinski definition) is 4. The highest BCUT2D eigenvalue weighted by molar-refractivity contribution is 7.89. The molecule has 1 aliphatic heterocycles. The van der Waals surface area contributed by atoms with Crippen molar-refractivity contribution in [3.05, 3.63) is 23.8 Å². The van der Waals surface area contributed by atoms with Gasteiger partial charge in [0, 0.05) is 25.8 Å². The number of benzene rings is 1. The van der Waals surface area contributed by atoms with Gasteiger partial charge in [-0.05, 0) is 57.6 Å². The van der Waals surface area contributed by atoms with E-state index in [0.29, 0.717) is 11.4 Å². The first-order valence-electron chi connectivity index (χ1n) is 7.40. The van der Waals surface area contributed by atoms with Gasteiger partial charge in [-0.15, -0.1) is 0 Å². The third-order valence-corrected chi connectivity index (χ3v) is 5.76. The number of sulfonamides is 1. The summed E-state index contributed by atoms with van der Waals surface area (Å²) in [6, 6.07) is 5.50. The minimum atomic E-state index is -3.40. The summed E-state index contributed by atoms with van der Waals surface area (Å²) in [6.07, 6.45) is 2.63. The zero-order valence-corrected chi connectivity index (χ0v) is 13.9. The van der Waals surface area contributed by atoms with E-state index in [1.54, 1.807) is 13.1 Å². The second kappa shape index (κ2) is 6.77. The molecule has 0 spiro atoms. The summed E-state index contributed by atoms with van der Waals surface area (Å²) in [5.74, 6) is 0. The Bertz CT molecular complexity index is 585. The maximum Gasteiger partial charge on any atom is 0.243 e. The molecule has 118 valence electrons. The standard InChI is InChI=1S/C15H25N3O2S/c1-17(2)11-6-12-18(3)21(19,20)15-9-4-8-14-13(15)7-5-10-16-14/h4,8-9,16H,5-7,10-12H2,1-3H3. The maximum atomic E-state index is 12.8. The van der Waals surface area contributed by atoms with Crippen molar-refractivity contribution in [2.75, 3.05) is 46.1 Å². The molecule has 0 bridgehead atoms. The monoisotopic (exact) mass is 311 g/mol. The summed E-state index contributed by atoms with van der Waals surface area (Å²) in [7, 11) is 2.25. The van der Waals surface area contributed by atoms with E-state index in [0.717, 1.165) is 43.6 Å². The van der Waals surface area contributed by atoms with Crippen molar-refractivity contribution < 1.29 is 8.42 Å². The Morgan fingerprint density at radius 2 is 1.95 bits per heavy atom. The molecule has 1 aliphatic rings. The van der Waals surface area contributed by atoms with E-state index < -0.39 is 10.0 Å². The first-order chi connectivity index (χ1) is 9.93. The van der Waals surface area contributed by atoms with Crippen LogP contribution in [0.2, 0.25) is 0 Å². The summed E-state index contributed by atoms with van der Waals surface area (Å²) in [5.41, 5.74) is 1.90. The Morgan fingerprint density at radius 3 is 2.67 bits per heavy atom. The van der Waals surface area contributed by atoms with Gasteiger partial charge in [0.15, 0.2) is 0 Å². The van der Waals surface area contributed by atoms with Crippen LogP contribution < -0.4 is 5.32 Å². The van der Waals surface area contributed by atoms with Crippen LogP contribution >= 0.6 is 0 Å². The molecule has 0 saturated heterocycles. The fourth-order valence-electron chi connectivity index (χ4n) is 2.62. The number of anilines is 1. The minimum absolute atomic E-state index is 0.458. The summed E-state index contributed by atoms with van der Waals surface area (Å²) < 4.78 is 27.0. The zero-order valence-electron chi connectivity index (χ0n) is 13.1. The Morgan fingerprint density at radius 1 is 1.19 bits per heavy atom. The fraction of sp³-hybridized carbons (Fsp3) is 0.600. The van der Waals surface area contributed by atoms with Crippen molar-refractivity contribution in [1.82, 2.24) is 9.21 Å². The van der Waals surface area contributed by atoms with Gasteiger partial charge in [-0.2, -0.15) is 0 Å². The molecule has 1 heterocycles. The largest absolute Gasteiger partial charge is 0.385 e. The van der Waals surface area contributed by atoms with E-state index >= 15 is 0 Å². The van der Waals surface area contributed by atoms with Crippen LogP contribution in [-0.2, 0) is 16.4 Å². The van der Waals surface area contributed by atoms with Gasteiger partial charge in [-0.25, -0.2) is 12.7 Å². The van der Waals surface area contributed by atoms with Gasteiger partial charge in [0.25, 0.3) is 0 Å². The number of rotatable bonds is 6. The van der Waals surface area contributed by atoms with Crippen LogP contribution in [0.5, 0.6) is 0 Å². The Hall–Kier alpha value is -1.11. The van der Waals surface area contributed by atoms with Crippen LogP contribution in [0.3, 0.4) is 0 Å². The van der Waals surface area contributed by atoms with Gasteiger partial charge in [0.2, 0.25) is 10.0 Å². The number of nitrogens with one attached hydrogen (secondary N) is 1. The van der Waals surface area contributed by atoms with Gasteiger partial charge in [-0.3, -0.25) is 0 Å². The van der Waals surface area contributed by atoms with Crippen LogP contribution in [0, 0.1) is 0 Å². The summed E-state index contributed by atoms with van der Waals surface area (Å²) in [5, 5.41) is 3.28. The summed E-state index contributed by atoms with van der Waals surface area (Å²) >= 11 is 0. The van der Waals surface area contributed by atoms with Gasteiger partial charge >= 0.3 is 0 Å². The molecule has 21 heavy (non-hydrogen) atoms. The zero-order chi connectivity index (χ0) is 15.5. The lowest BCUT2D eigenvalue weighted by atomic mass is 10.0. The van der Waals surface area contributed by atoms with Crippen molar-refractivity contribution in [2.24, 2.45) is 0 Å². The minimum Gasteiger partial charge on any atom is -0.385 e. The van der Waals surface area contributed by atoms with Crippen LogP contribution in [0.4, 0.5) is 5.69 Å². The topological polar surface area (TPSA) is 52.7 Å². The van der Waals surface area contributed by atoms with Crippen LogP contribution in [-0.4, -0.2) is 58.4 Å². The average molecular weight is 311 g/mol. The average Bonchev–Trinajstić information content (AvgIpc) is 2.46. The van der Waals surface area contributed by atoms with Crippen LogP contribution in [0.25, 0.3) is 0 Å². The van der Waals surface area contributed by atoms with Gasteiger partial charge in [0.1, 0.15) is 0 Å². The molecule has 0 radical (unpaired) electrons. The van der Waals surface area contributed by atoms with Crippen molar-refractivity contribution in [3.8, 4) is 0 Å². The first kappa shape index (κ1) is 16.3. The van der Waals surface area contributed by atoms with Crippen LogP contribution in [0.15, 0.2) is 23.1 Å². The van der Waals surface area contributed by atoms with E-state index in [1.165, 1.54) is 4.31 Å². The maximum absolute atomic E-state index is 12.8. The lowest BCUT2D eigenvalue weighted by molar-refractivity contribution is 0.370. The predicted molar refractivity (Wildman–Crippen MR) is 86.2 cm³/mol. The molecule has 0 aromatic heterocycles. The number of fused-ring (bicyclic) bond motifs is 1. The molecule has 0 saturated carbocycles. The SMILES string of the molecule is CN(C)CCCN(C)S(=O)(=O)c1cccc2c1CCCN2. The Kier molecular flexibility index (Phi) is 5.24. The Balaban J connectivity index is 2.19. The number of hydrogen-bond donors (Lipinski definition) is 1. The summed E-state index contributed by atoms with van der Waals surface area (Å²) in [6.45, 7) is 2.33. The second-order valence-corrected chi connectivity index (χ2v) is 7.81. The van der Waals surface area contributed by atoms with Gasteiger partial charge < -0.3 is 10.2 Å². The smallest absolute Gasteiger partial charge is 0.243 e. The first-order valence-corrected chi connectivity index (χ1v) is 8.84. The van der Waals surface area contributed by atoms with Crippen molar-refractivity contribution in [1.29, 1.82) is 0 Å². The second-order valence-electron chi connectivity index (χ2n) is 5.80. The van der Waals surface area contributed by atoms with Crippen molar-refractivity contribution in [2.45, 2.75) is 24.2 Å². The molecule has 0 fully saturated rings. The molecule has 5 nitrogen and oxygen atoms in total. The Labute approximate surface area is 128 Å². The highest BCUT2D eigenvalue weighted by Crippen LogP contribution is 2.29. The molecular weight excluding hydrogens is 286 g/mol. The lowest BCUT2D eigenvalue weighted by Gasteiger charge is -2.24. The number of nitrogens with zero attached hydrogens (tertiary/aromatic N) is 2. The highest BCUT2D eigenvalue weighted by Gasteiger charge is 2.25. The van der Waals surface area contributed by atoms with E-state index in [1.807, 2.05) is 26.2 Å². The molecular formula is C15H25N3O2S. The molecule has 1 aromatic rings. The molecule has 0 atom stereocenters. The highest BCUT2D eigenvalue weighted by atomic mass is 32.2. The lowest BCUT2D eigenvalue weighted by Crippen LogP contribution is -2.31. The fourth-order valence-corrected chi connectivity index (χ4v) is 4.10. The molecule has 0 unspecified atom stereocenters. The van der Waals surface area contributed by atoms with Gasteiger partial charge in [0.05, 0.1) is 4.90 Å². The van der Waals surface area contributed by atoms with Gasteiger partial charge in [-0.1, -0.05) is 6.07 Å². The molecule has 2 rings (SSSR count). The van der Waals surface area contributed by atoms with E-state index in [9.17, 15) is 8.42 Å². The van der Waals surface area contributed by atoms with Crippen LogP contribution in [0.1, 0.15) is 18.4 Å². The summed E-state index contributed by atoms with van der Waals surface area (Å²) in [4.78, 5) is 2.52. The third-order valence-electron chi connectivity index (χ3n) is 3.82. The molecule has 6 heteroatoms. The van der Waals surface area contributed by atoms with Crippen molar-refractivity contribution in [3.63, 3.8) is 0 Å². The molecule has 0 aliphatic carbocycles. The van der Waals surface area contributed by atoms with E-state index in [4.69, 9.17) is 0 Å². The third kappa shape index (κ3) is 3.75.